The number of ether oxygens (including phenoxy) is 1. The predicted octanol–water partition coefficient (Wildman–Crippen LogP) is 0.835. The van der Waals surface area contributed by atoms with Gasteiger partial charge in [-0.1, -0.05) is 0 Å². The van der Waals surface area contributed by atoms with Crippen LogP contribution in [0.3, 0.4) is 0 Å². The highest BCUT2D eigenvalue weighted by molar-refractivity contribution is 7.89. The van der Waals surface area contributed by atoms with Crippen molar-refractivity contribution in [3.8, 4) is 0 Å². The molecule has 0 amide bonds. The molecule has 1 saturated heterocycles. The van der Waals surface area contributed by atoms with Gasteiger partial charge < -0.3 is 4.74 Å². The fourth-order valence-corrected chi connectivity index (χ4v) is 2.80. The molecule has 0 atom stereocenters. The molecule has 1 aromatic rings. The monoisotopic (exact) mass is 291 g/mol. The Morgan fingerprint density at radius 1 is 1.33 bits per heavy atom. The molecule has 2 heterocycles. The van der Waals surface area contributed by atoms with Crippen LogP contribution in [0.5, 0.6) is 0 Å². The molecule has 0 bridgehead atoms. The molecule has 6 nitrogen and oxygen atoms in total. The molecule has 100 valence electrons. The Morgan fingerprint density at radius 3 is 2.56 bits per heavy atom. The van der Waals surface area contributed by atoms with Gasteiger partial charge in [-0.15, -0.1) is 0 Å². The molecule has 1 aromatic heterocycles. The molecular formula is C10H14ClN3O3S. The van der Waals surface area contributed by atoms with E-state index in [0.29, 0.717) is 25.7 Å². The number of halogens is 1. The van der Waals surface area contributed by atoms with Gasteiger partial charge in [-0.25, -0.2) is 23.1 Å². The Hall–Kier alpha value is -0.760. The van der Waals surface area contributed by atoms with Crippen molar-refractivity contribution in [3.05, 3.63) is 17.7 Å². The van der Waals surface area contributed by atoms with Gasteiger partial charge in [-0.2, -0.15) is 0 Å². The second-order valence-corrected chi connectivity index (χ2v) is 6.20. The van der Waals surface area contributed by atoms with Gasteiger partial charge in [0.2, 0.25) is 15.3 Å². The normalized spacial score (nSPS) is 17.8. The quantitative estimate of drug-likeness (QED) is 0.831. The first-order valence-electron chi connectivity index (χ1n) is 5.63. The number of nitrogens with one attached hydrogen (secondary N) is 1. The molecule has 0 radical (unpaired) electrons. The highest BCUT2D eigenvalue weighted by Gasteiger charge is 2.19. The lowest BCUT2D eigenvalue weighted by molar-refractivity contribution is 0.0678. The van der Waals surface area contributed by atoms with E-state index in [9.17, 15) is 8.42 Å². The molecule has 8 heteroatoms. The SMILES string of the molecule is O=S(=O)(NCC1CCOCC1)c1cnc(Cl)nc1. The molecule has 1 aliphatic heterocycles. The van der Waals surface area contributed by atoms with Crippen molar-refractivity contribution in [1.82, 2.24) is 14.7 Å². The van der Waals surface area contributed by atoms with Crippen molar-refractivity contribution < 1.29 is 13.2 Å². The highest BCUT2D eigenvalue weighted by Crippen LogP contribution is 2.15. The summed E-state index contributed by atoms with van der Waals surface area (Å²) in [4.78, 5) is 7.34. The van der Waals surface area contributed by atoms with Gasteiger partial charge in [0.15, 0.2) is 0 Å². The molecule has 0 spiro atoms. The molecule has 2 rings (SSSR count). The minimum atomic E-state index is -3.55. The summed E-state index contributed by atoms with van der Waals surface area (Å²) in [5.41, 5.74) is 0. The Labute approximate surface area is 111 Å². The van der Waals surface area contributed by atoms with E-state index in [2.05, 4.69) is 14.7 Å². The van der Waals surface area contributed by atoms with Crippen LogP contribution < -0.4 is 4.72 Å². The lowest BCUT2D eigenvalue weighted by Gasteiger charge is -2.22. The number of hydrogen-bond donors (Lipinski definition) is 1. The lowest BCUT2D eigenvalue weighted by atomic mass is 10.0. The Bertz CT molecular complexity index is 486. The van der Waals surface area contributed by atoms with Crippen LogP contribution in [0.4, 0.5) is 0 Å². The largest absolute Gasteiger partial charge is 0.381 e. The minimum absolute atomic E-state index is 0.0263. The second kappa shape index (κ2) is 5.92. The summed E-state index contributed by atoms with van der Waals surface area (Å²) >= 11 is 5.51. The molecule has 1 N–H and O–H groups in total. The van der Waals surface area contributed by atoms with E-state index in [1.807, 2.05) is 0 Å². The first-order valence-corrected chi connectivity index (χ1v) is 7.49. The van der Waals surface area contributed by atoms with Crippen molar-refractivity contribution in [1.29, 1.82) is 0 Å². The molecule has 0 aliphatic carbocycles. The van der Waals surface area contributed by atoms with Gasteiger partial charge in [-0.3, -0.25) is 0 Å². The van der Waals surface area contributed by atoms with E-state index in [1.165, 1.54) is 12.4 Å². The summed E-state index contributed by atoms with van der Waals surface area (Å²) in [7, 11) is -3.55. The predicted molar refractivity (Wildman–Crippen MR) is 65.8 cm³/mol. The van der Waals surface area contributed by atoms with Gasteiger partial charge in [0.1, 0.15) is 4.90 Å². The van der Waals surface area contributed by atoms with E-state index >= 15 is 0 Å². The van der Waals surface area contributed by atoms with Gasteiger partial charge in [-0.05, 0) is 30.4 Å². The number of aromatic nitrogens is 2. The third-order valence-electron chi connectivity index (χ3n) is 2.81. The van der Waals surface area contributed by atoms with Crippen molar-refractivity contribution >= 4 is 21.6 Å². The van der Waals surface area contributed by atoms with Crippen LogP contribution >= 0.6 is 11.6 Å². The molecule has 0 unspecified atom stereocenters. The summed E-state index contributed by atoms with van der Waals surface area (Å²) in [6, 6.07) is 0. The Morgan fingerprint density at radius 2 is 1.94 bits per heavy atom. The number of hydrogen-bond acceptors (Lipinski definition) is 5. The highest BCUT2D eigenvalue weighted by atomic mass is 35.5. The smallest absolute Gasteiger partial charge is 0.243 e. The molecule has 1 fully saturated rings. The van der Waals surface area contributed by atoms with Crippen LogP contribution in [0.2, 0.25) is 5.28 Å². The zero-order valence-corrected chi connectivity index (χ0v) is 11.2. The lowest BCUT2D eigenvalue weighted by Crippen LogP contribution is -2.32. The van der Waals surface area contributed by atoms with Gasteiger partial charge in [0.25, 0.3) is 0 Å². The Balaban J connectivity index is 1.96. The topological polar surface area (TPSA) is 81.2 Å². The molecular weight excluding hydrogens is 278 g/mol. The summed E-state index contributed by atoms with van der Waals surface area (Å²) in [5.74, 6) is 0.321. The fraction of sp³-hybridized carbons (Fsp3) is 0.600. The fourth-order valence-electron chi connectivity index (χ4n) is 1.70. The maximum Gasteiger partial charge on any atom is 0.243 e. The zero-order valence-electron chi connectivity index (χ0n) is 9.67. The zero-order chi connectivity index (χ0) is 13.0. The van der Waals surface area contributed by atoms with E-state index in [-0.39, 0.29) is 10.2 Å². The summed E-state index contributed by atoms with van der Waals surface area (Å²) in [5, 5.41) is 0.0263. The molecule has 18 heavy (non-hydrogen) atoms. The van der Waals surface area contributed by atoms with Crippen molar-refractivity contribution in [3.63, 3.8) is 0 Å². The first-order chi connectivity index (χ1) is 8.58. The standard InChI is InChI=1S/C10H14ClN3O3S/c11-10-12-6-9(7-13-10)18(15,16)14-5-8-1-3-17-4-2-8/h6-8,14H,1-5H2. The second-order valence-electron chi connectivity index (χ2n) is 4.10. The number of sulfonamides is 1. The maximum absolute atomic E-state index is 11.9. The van der Waals surface area contributed by atoms with E-state index in [1.54, 1.807) is 0 Å². The van der Waals surface area contributed by atoms with Crippen LogP contribution in [0.15, 0.2) is 17.3 Å². The van der Waals surface area contributed by atoms with Crippen molar-refractivity contribution in [2.45, 2.75) is 17.7 Å². The van der Waals surface area contributed by atoms with Crippen LogP contribution in [-0.4, -0.2) is 38.1 Å². The van der Waals surface area contributed by atoms with Crippen LogP contribution in [0, 0.1) is 5.92 Å². The van der Waals surface area contributed by atoms with E-state index < -0.39 is 10.0 Å². The van der Waals surface area contributed by atoms with Gasteiger partial charge in [0.05, 0.1) is 12.4 Å². The van der Waals surface area contributed by atoms with E-state index in [0.717, 1.165) is 12.8 Å². The summed E-state index contributed by atoms with van der Waals surface area (Å²) < 4.78 is 31.6. The van der Waals surface area contributed by atoms with Crippen LogP contribution in [-0.2, 0) is 14.8 Å². The van der Waals surface area contributed by atoms with Crippen molar-refractivity contribution in [2.24, 2.45) is 5.92 Å². The third kappa shape index (κ3) is 3.61. The van der Waals surface area contributed by atoms with Crippen molar-refractivity contribution in [2.75, 3.05) is 19.8 Å². The average Bonchev–Trinajstić information content (AvgIpc) is 2.38. The summed E-state index contributed by atoms with van der Waals surface area (Å²) in [6.45, 7) is 1.79. The summed E-state index contributed by atoms with van der Waals surface area (Å²) in [6.07, 6.45) is 4.14. The number of nitrogens with zero attached hydrogens (tertiary/aromatic N) is 2. The molecule has 0 saturated carbocycles. The minimum Gasteiger partial charge on any atom is -0.381 e. The molecule has 0 aromatic carbocycles. The Kier molecular flexibility index (Phi) is 4.50. The molecule has 1 aliphatic rings. The maximum atomic E-state index is 11.9. The van der Waals surface area contributed by atoms with Crippen LogP contribution in [0.25, 0.3) is 0 Å². The third-order valence-corrected chi connectivity index (χ3v) is 4.38. The van der Waals surface area contributed by atoms with Gasteiger partial charge in [0, 0.05) is 19.8 Å². The first kappa shape index (κ1) is 13.7. The number of rotatable bonds is 4. The van der Waals surface area contributed by atoms with Gasteiger partial charge >= 0.3 is 0 Å². The van der Waals surface area contributed by atoms with E-state index in [4.69, 9.17) is 16.3 Å². The van der Waals surface area contributed by atoms with Crippen LogP contribution in [0.1, 0.15) is 12.8 Å². The average molecular weight is 292 g/mol.